The number of aliphatic hydroxyl groups is 1. The van der Waals surface area contributed by atoms with Gasteiger partial charge in [0.15, 0.2) is 11.5 Å². The SMILES string of the molecule is O=C1C(=O)N(c2ccc3c(c2)OCO3)C(c2ccc(Cl)cc2)/C1=C(/O)c1ccc2ccccc2c1. The highest BCUT2D eigenvalue weighted by atomic mass is 35.5. The molecular weight excluding hydrogens is 466 g/mol. The lowest BCUT2D eigenvalue weighted by molar-refractivity contribution is -0.132. The highest BCUT2D eigenvalue weighted by Gasteiger charge is 2.47. The number of Topliss-reactive ketones (excluding diaryl/α,β-unsaturated/α-hetero) is 1. The molecule has 6 rings (SSSR count). The van der Waals surface area contributed by atoms with Crippen LogP contribution in [-0.4, -0.2) is 23.6 Å². The van der Waals surface area contributed by atoms with Gasteiger partial charge in [-0.15, -0.1) is 0 Å². The van der Waals surface area contributed by atoms with Crippen molar-refractivity contribution in [3.63, 3.8) is 0 Å². The highest BCUT2D eigenvalue weighted by Crippen LogP contribution is 2.45. The molecule has 0 aromatic heterocycles. The summed E-state index contributed by atoms with van der Waals surface area (Å²) in [6.07, 6.45) is 0. The van der Waals surface area contributed by atoms with Crippen molar-refractivity contribution in [1.29, 1.82) is 0 Å². The smallest absolute Gasteiger partial charge is 0.300 e. The number of anilines is 1. The molecule has 4 aromatic rings. The van der Waals surface area contributed by atoms with Crippen molar-refractivity contribution >= 4 is 45.5 Å². The minimum absolute atomic E-state index is 0.00488. The Morgan fingerprint density at radius 2 is 1.60 bits per heavy atom. The number of ketones is 1. The third kappa shape index (κ3) is 3.50. The molecule has 6 nitrogen and oxygen atoms in total. The first kappa shape index (κ1) is 21.3. The summed E-state index contributed by atoms with van der Waals surface area (Å²) in [5, 5.41) is 13.8. The summed E-state index contributed by atoms with van der Waals surface area (Å²) in [6, 6.07) is 24.2. The average molecular weight is 484 g/mol. The van der Waals surface area contributed by atoms with E-state index in [0.29, 0.717) is 33.3 Å². The Bertz CT molecular complexity index is 1540. The fourth-order valence-corrected chi connectivity index (χ4v) is 4.71. The van der Waals surface area contributed by atoms with Crippen molar-refractivity contribution < 1.29 is 24.2 Å². The summed E-state index contributed by atoms with van der Waals surface area (Å²) >= 11 is 6.10. The molecule has 35 heavy (non-hydrogen) atoms. The quantitative estimate of drug-likeness (QED) is 0.225. The number of rotatable bonds is 3. The zero-order valence-electron chi connectivity index (χ0n) is 18.3. The summed E-state index contributed by atoms with van der Waals surface area (Å²) in [6.45, 7) is 0.0835. The number of carbonyl (C=O) groups is 2. The summed E-state index contributed by atoms with van der Waals surface area (Å²) < 4.78 is 10.9. The molecule has 2 aliphatic heterocycles. The Labute approximate surface area is 205 Å². The van der Waals surface area contributed by atoms with Gasteiger partial charge in [-0.3, -0.25) is 14.5 Å². The second kappa shape index (κ2) is 8.18. The largest absolute Gasteiger partial charge is 0.507 e. The molecule has 1 N–H and O–H groups in total. The van der Waals surface area contributed by atoms with Gasteiger partial charge in [0.2, 0.25) is 6.79 Å². The first-order chi connectivity index (χ1) is 17.0. The lowest BCUT2D eigenvalue weighted by Gasteiger charge is -2.25. The molecule has 0 radical (unpaired) electrons. The minimum atomic E-state index is -0.862. The molecule has 0 bridgehead atoms. The van der Waals surface area contributed by atoms with Crippen LogP contribution in [0.25, 0.3) is 16.5 Å². The summed E-state index contributed by atoms with van der Waals surface area (Å²) in [4.78, 5) is 28.1. The molecule has 1 unspecified atom stereocenters. The van der Waals surface area contributed by atoms with E-state index in [2.05, 4.69) is 0 Å². The molecule has 1 fully saturated rings. The van der Waals surface area contributed by atoms with Crippen LogP contribution in [0.15, 0.2) is 90.5 Å². The van der Waals surface area contributed by atoms with Crippen LogP contribution in [-0.2, 0) is 9.59 Å². The van der Waals surface area contributed by atoms with Gasteiger partial charge >= 0.3 is 0 Å². The number of benzene rings is 4. The van der Waals surface area contributed by atoms with E-state index in [-0.39, 0.29) is 18.1 Å². The predicted molar refractivity (Wildman–Crippen MR) is 133 cm³/mol. The van der Waals surface area contributed by atoms with Crippen LogP contribution < -0.4 is 14.4 Å². The Morgan fingerprint density at radius 1 is 0.857 bits per heavy atom. The van der Waals surface area contributed by atoms with Crippen LogP contribution in [0.4, 0.5) is 5.69 Å². The minimum Gasteiger partial charge on any atom is -0.507 e. The molecule has 2 aliphatic rings. The van der Waals surface area contributed by atoms with Crippen molar-refractivity contribution in [3.8, 4) is 11.5 Å². The van der Waals surface area contributed by atoms with Crippen molar-refractivity contribution in [2.45, 2.75) is 6.04 Å². The summed E-state index contributed by atoms with van der Waals surface area (Å²) in [5.41, 5.74) is 1.54. The van der Waals surface area contributed by atoms with Crippen LogP contribution in [0.3, 0.4) is 0 Å². The molecule has 4 aromatic carbocycles. The van der Waals surface area contributed by atoms with Gasteiger partial charge in [-0.2, -0.15) is 0 Å². The molecule has 0 aliphatic carbocycles. The molecule has 1 amide bonds. The number of nitrogens with zero attached hydrogens (tertiary/aromatic N) is 1. The van der Waals surface area contributed by atoms with Crippen molar-refractivity contribution in [2.24, 2.45) is 0 Å². The monoisotopic (exact) mass is 483 g/mol. The molecule has 1 atom stereocenters. The van der Waals surface area contributed by atoms with Gasteiger partial charge in [0.05, 0.1) is 11.6 Å². The Kier molecular flexibility index (Phi) is 4.97. The van der Waals surface area contributed by atoms with E-state index in [1.807, 2.05) is 30.3 Å². The van der Waals surface area contributed by atoms with Crippen LogP contribution >= 0.6 is 11.6 Å². The standard InChI is InChI=1S/C28H18ClNO5/c29-20-9-7-17(8-10-20)25-24(26(31)19-6-5-16-3-1-2-4-18(16)13-19)27(32)28(33)30(25)21-11-12-22-23(14-21)35-15-34-22/h1-14,25,31H,15H2/b26-24-. The third-order valence-corrected chi connectivity index (χ3v) is 6.54. The lowest BCUT2D eigenvalue weighted by Crippen LogP contribution is -2.29. The maximum absolute atomic E-state index is 13.4. The van der Waals surface area contributed by atoms with E-state index in [0.717, 1.165) is 10.8 Å². The van der Waals surface area contributed by atoms with E-state index in [4.69, 9.17) is 21.1 Å². The molecule has 0 saturated carbocycles. The van der Waals surface area contributed by atoms with E-state index in [1.54, 1.807) is 54.6 Å². The van der Waals surface area contributed by atoms with Gasteiger partial charge in [-0.25, -0.2) is 0 Å². The van der Waals surface area contributed by atoms with Gasteiger partial charge in [-0.05, 0) is 46.7 Å². The van der Waals surface area contributed by atoms with Crippen LogP contribution in [0, 0.1) is 0 Å². The maximum atomic E-state index is 13.4. The number of hydrogen-bond donors (Lipinski definition) is 1. The van der Waals surface area contributed by atoms with Gasteiger partial charge in [0.1, 0.15) is 5.76 Å². The molecule has 0 spiro atoms. The van der Waals surface area contributed by atoms with Gasteiger partial charge in [-0.1, -0.05) is 60.1 Å². The topological polar surface area (TPSA) is 76.1 Å². The Balaban J connectivity index is 1.55. The van der Waals surface area contributed by atoms with E-state index >= 15 is 0 Å². The number of carbonyl (C=O) groups excluding carboxylic acids is 2. The van der Waals surface area contributed by atoms with Crippen molar-refractivity contribution in [2.75, 3.05) is 11.7 Å². The molecule has 2 heterocycles. The lowest BCUT2D eigenvalue weighted by atomic mass is 9.94. The number of hydrogen-bond acceptors (Lipinski definition) is 5. The molecule has 172 valence electrons. The van der Waals surface area contributed by atoms with Crippen molar-refractivity contribution in [1.82, 2.24) is 0 Å². The summed E-state index contributed by atoms with van der Waals surface area (Å²) in [5.74, 6) is -0.713. The number of aliphatic hydroxyl groups excluding tert-OH is 1. The normalized spacial score (nSPS) is 18.4. The molecule has 7 heteroatoms. The predicted octanol–water partition coefficient (Wildman–Crippen LogP) is 5.85. The molecular formula is C28H18ClNO5. The fourth-order valence-electron chi connectivity index (χ4n) is 4.59. The second-order valence-electron chi connectivity index (χ2n) is 8.32. The first-order valence-electron chi connectivity index (χ1n) is 11.0. The van der Waals surface area contributed by atoms with E-state index in [1.165, 1.54) is 4.90 Å². The average Bonchev–Trinajstić information content (AvgIpc) is 3.45. The van der Waals surface area contributed by atoms with E-state index < -0.39 is 17.7 Å². The Hall–Kier alpha value is -4.29. The van der Waals surface area contributed by atoms with Crippen LogP contribution in [0.2, 0.25) is 5.02 Å². The van der Waals surface area contributed by atoms with Gasteiger partial charge in [0, 0.05) is 22.3 Å². The van der Waals surface area contributed by atoms with Crippen molar-refractivity contribution in [3.05, 3.63) is 107 Å². The number of fused-ring (bicyclic) bond motifs is 2. The fraction of sp³-hybridized carbons (Fsp3) is 0.0714. The maximum Gasteiger partial charge on any atom is 0.300 e. The second-order valence-corrected chi connectivity index (χ2v) is 8.76. The highest BCUT2D eigenvalue weighted by molar-refractivity contribution is 6.51. The van der Waals surface area contributed by atoms with Crippen LogP contribution in [0.1, 0.15) is 17.2 Å². The first-order valence-corrected chi connectivity index (χ1v) is 11.3. The van der Waals surface area contributed by atoms with E-state index in [9.17, 15) is 14.7 Å². The van der Waals surface area contributed by atoms with Crippen LogP contribution in [0.5, 0.6) is 11.5 Å². The zero-order valence-corrected chi connectivity index (χ0v) is 19.0. The zero-order chi connectivity index (χ0) is 24.1. The Morgan fingerprint density at radius 3 is 2.40 bits per heavy atom. The number of ether oxygens (including phenoxy) is 2. The van der Waals surface area contributed by atoms with Gasteiger partial charge in [0.25, 0.3) is 11.7 Å². The molecule has 1 saturated heterocycles. The summed E-state index contributed by atoms with van der Waals surface area (Å²) in [7, 11) is 0. The number of halogens is 1. The third-order valence-electron chi connectivity index (χ3n) is 6.29. The van der Waals surface area contributed by atoms with Gasteiger partial charge < -0.3 is 14.6 Å². The number of amides is 1.